The van der Waals surface area contributed by atoms with Gasteiger partial charge < -0.3 is 14.2 Å². The second-order valence-corrected chi connectivity index (χ2v) is 5.21. The van der Waals surface area contributed by atoms with Crippen molar-refractivity contribution in [1.82, 2.24) is 0 Å². The quantitative estimate of drug-likeness (QED) is 0.793. The Morgan fingerprint density at radius 2 is 1.70 bits per heavy atom. The molecule has 0 N–H and O–H groups in total. The van der Waals surface area contributed by atoms with Gasteiger partial charge in [0.05, 0.1) is 0 Å². The average molecular weight is 312 g/mol. The van der Waals surface area contributed by atoms with E-state index in [0.29, 0.717) is 13.0 Å². The van der Waals surface area contributed by atoms with E-state index in [2.05, 4.69) is 0 Å². The Balaban J connectivity index is 1.56. The Labute approximate surface area is 133 Å². The van der Waals surface area contributed by atoms with Crippen LogP contribution < -0.4 is 4.74 Å². The number of hydrogen-bond acceptors (Lipinski definition) is 5. The first-order chi connectivity index (χ1) is 11.2. The zero-order valence-electron chi connectivity index (χ0n) is 12.4. The highest BCUT2D eigenvalue weighted by Gasteiger charge is 2.30. The molecular weight excluding hydrogens is 296 g/mol. The molecule has 1 fully saturated rings. The number of carbonyl (C=O) groups excluding carboxylic acids is 2. The van der Waals surface area contributed by atoms with Crippen molar-refractivity contribution in [2.45, 2.75) is 19.1 Å². The van der Waals surface area contributed by atoms with Gasteiger partial charge in [0.1, 0.15) is 12.4 Å². The Kier molecular flexibility index (Phi) is 4.57. The second kappa shape index (κ2) is 6.96. The van der Waals surface area contributed by atoms with Crippen molar-refractivity contribution in [3.8, 4) is 5.75 Å². The molecule has 5 nitrogen and oxygen atoms in total. The molecule has 0 aromatic heterocycles. The molecule has 0 radical (unpaired) electrons. The molecule has 1 saturated heterocycles. The van der Waals surface area contributed by atoms with Gasteiger partial charge in [0.15, 0.2) is 6.61 Å². The summed E-state index contributed by atoms with van der Waals surface area (Å²) in [4.78, 5) is 22.7. The molecular formula is C18H16O5. The number of esters is 2. The van der Waals surface area contributed by atoms with Gasteiger partial charge in [-0.15, -0.1) is 0 Å². The van der Waals surface area contributed by atoms with Crippen LogP contribution in [0.4, 0.5) is 0 Å². The van der Waals surface area contributed by atoms with E-state index in [1.807, 2.05) is 54.6 Å². The van der Waals surface area contributed by atoms with Crippen molar-refractivity contribution in [2.24, 2.45) is 0 Å². The van der Waals surface area contributed by atoms with Crippen molar-refractivity contribution in [1.29, 1.82) is 0 Å². The molecule has 2 aromatic rings. The summed E-state index contributed by atoms with van der Waals surface area (Å²) in [5.74, 6) is -0.285. The van der Waals surface area contributed by atoms with E-state index in [9.17, 15) is 9.59 Å². The Hall–Kier alpha value is -2.82. The molecule has 2 aromatic carbocycles. The normalized spacial score (nSPS) is 17.3. The Morgan fingerprint density at radius 1 is 0.957 bits per heavy atom. The lowest BCUT2D eigenvalue weighted by Gasteiger charge is -2.21. The first-order valence-corrected chi connectivity index (χ1v) is 7.32. The molecule has 0 spiro atoms. The maximum atomic E-state index is 11.5. The van der Waals surface area contributed by atoms with Crippen molar-refractivity contribution in [3.63, 3.8) is 0 Å². The molecule has 3 rings (SSSR count). The molecule has 1 aliphatic heterocycles. The summed E-state index contributed by atoms with van der Waals surface area (Å²) in [5, 5.41) is 0. The summed E-state index contributed by atoms with van der Waals surface area (Å²) in [6.45, 7) is 0.189. The van der Waals surface area contributed by atoms with Crippen LogP contribution in [-0.4, -0.2) is 24.6 Å². The highest BCUT2D eigenvalue weighted by atomic mass is 16.6. The van der Waals surface area contributed by atoms with Crippen molar-refractivity contribution >= 4 is 11.9 Å². The molecule has 0 amide bonds. The van der Waals surface area contributed by atoms with E-state index >= 15 is 0 Å². The van der Waals surface area contributed by atoms with Crippen LogP contribution in [0.25, 0.3) is 0 Å². The van der Waals surface area contributed by atoms with Crippen LogP contribution in [0.2, 0.25) is 0 Å². The molecule has 0 saturated carbocycles. The maximum Gasteiger partial charge on any atom is 0.348 e. The van der Waals surface area contributed by atoms with Gasteiger partial charge in [0.25, 0.3) is 0 Å². The van der Waals surface area contributed by atoms with E-state index in [4.69, 9.17) is 14.2 Å². The van der Waals surface area contributed by atoms with Gasteiger partial charge in [0, 0.05) is 6.42 Å². The van der Waals surface area contributed by atoms with Gasteiger partial charge in [-0.05, 0) is 23.3 Å². The largest absolute Gasteiger partial charge is 0.489 e. The molecule has 1 atom stereocenters. The summed E-state index contributed by atoms with van der Waals surface area (Å²) in [6.07, 6.45) is -0.573. The number of cyclic esters (lactones) is 2. The molecule has 0 aliphatic carbocycles. The fourth-order valence-electron chi connectivity index (χ4n) is 2.27. The van der Waals surface area contributed by atoms with Crippen LogP contribution in [0.5, 0.6) is 5.75 Å². The predicted octanol–water partition coefficient (Wildman–Crippen LogP) is 2.28. The first kappa shape index (κ1) is 15.1. The molecule has 0 unspecified atom stereocenters. The minimum atomic E-state index is -0.868. The van der Waals surface area contributed by atoms with E-state index in [0.717, 1.165) is 16.9 Å². The minimum Gasteiger partial charge on any atom is -0.489 e. The zero-order valence-corrected chi connectivity index (χ0v) is 12.4. The molecule has 1 heterocycles. The second-order valence-electron chi connectivity index (χ2n) is 5.21. The number of benzene rings is 2. The summed E-state index contributed by atoms with van der Waals surface area (Å²) < 4.78 is 15.4. The van der Waals surface area contributed by atoms with E-state index < -0.39 is 18.0 Å². The molecule has 23 heavy (non-hydrogen) atoms. The third-order valence-corrected chi connectivity index (χ3v) is 3.46. The van der Waals surface area contributed by atoms with Gasteiger partial charge in [-0.3, -0.25) is 0 Å². The molecule has 118 valence electrons. The van der Waals surface area contributed by atoms with Crippen molar-refractivity contribution in [2.75, 3.05) is 6.61 Å². The van der Waals surface area contributed by atoms with Gasteiger partial charge in [-0.25, -0.2) is 9.59 Å². The molecule has 1 aliphatic rings. The standard InChI is InChI=1S/C18H16O5/c19-17-12-22-18(20)16(23-17)10-13-6-8-15(9-7-13)21-11-14-4-2-1-3-5-14/h1-9,16H,10-12H2/t16-/m0/s1. The van der Waals surface area contributed by atoms with Gasteiger partial charge in [-0.2, -0.15) is 0 Å². The van der Waals surface area contributed by atoms with E-state index in [-0.39, 0.29) is 6.61 Å². The lowest BCUT2D eigenvalue weighted by molar-refractivity contribution is -0.184. The maximum absolute atomic E-state index is 11.5. The monoisotopic (exact) mass is 312 g/mol. The number of carbonyl (C=O) groups is 2. The van der Waals surface area contributed by atoms with Crippen LogP contribution in [0.15, 0.2) is 54.6 Å². The van der Waals surface area contributed by atoms with Crippen LogP contribution in [0.1, 0.15) is 11.1 Å². The lowest BCUT2D eigenvalue weighted by atomic mass is 10.1. The number of rotatable bonds is 5. The van der Waals surface area contributed by atoms with E-state index in [1.54, 1.807) is 0 Å². The van der Waals surface area contributed by atoms with Crippen LogP contribution >= 0.6 is 0 Å². The summed E-state index contributed by atoms with van der Waals surface area (Å²) in [6, 6.07) is 17.2. The van der Waals surface area contributed by atoms with Crippen LogP contribution in [0, 0.1) is 0 Å². The van der Waals surface area contributed by atoms with E-state index in [1.165, 1.54) is 0 Å². The summed E-state index contributed by atoms with van der Waals surface area (Å²) in [5.41, 5.74) is 1.96. The number of hydrogen-bond donors (Lipinski definition) is 0. The SMILES string of the molecule is O=C1COC(=O)[C@H](Cc2ccc(OCc3ccccc3)cc2)O1. The van der Waals surface area contributed by atoms with Crippen LogP contribution in [-0.2, 0) is 32.1 Å². The molecule has 5 heteroatoms. The highest BCUT2D eigenvalue weighted by molar-refractivity contribution is 5.85. The molecule has 0 bridgehead atoms. The number of ether oxygens (including phenoxy) is 3. The third-order valence-electron chi connectivity index (χ3n) is 3.46. The Morgan fingerprint density at radius 3 is 2.43 bits per heavy atom. The van der Waals surface area contributed by atoms with Crippen molar-refractivity contribution in [3.05, 3.63) is 65.7 Å². The first-order valence-electron chi connectivity index (χ1n) is 7.32. The average Bonchev–Trinajstić information content (AvgIpc) is 2.58. The minimum absolute atomic E-state index is 0.295. The predicted molar refractivity (Wildman–Crippen MR) is 81.8 cm³/mol. The summed E-state index contributed by atoms with van der Waals surface area (Å²) >= 11 is 0. The summed E-state index contributed by atoms with van der Waals surface area (Å²) in [7, 11) is 0. The lowest BCUT2D eigenvalue weighted by Crippen LogP contribution is -2.38. The fraction of sp³-hybridized carbons (Fsp3) is 0.222. The highest BCUT2D eigenvalue weighted by Crippen LogP contribution is 2.17. The topological polar surface area (TPSA) is 61.8 Å². The van der Waals surface area contributed by atoms with Gasteiger partial charge >= 0.3 is 11.9 Å². The third kappa shape index (κ3) is 4.10. The van der Waals surface area contributed by atoms with Crippen LogP contribution in [0.3, 0.4) is 0 Å². The van der Waals surface area contributed by atoms with Crippen molar-refractivity contribution < 1.29 is 23.8 Å². The van der Waals surface area contributed by atoms with Gasteiger partial charge in [0.2, 0.25) is 6.10 Å². The smallest absolute Gasteiger partial charge is 0.348 e. The zero-order chi connectivity index (χ0) is 16.1. The Bertz CT molecular complexity index is 678. The van der Waals surface area contributed by atoms with Gasteiger partial charge in [-0.1, -0.05) is 42.5 Å². The fourth-order valence-corrected chi connectivity index (χ4v) is 2.27.